The van der Waals surface area contributed by atoms with Gasteiger partial charge in [-0.1, -0.05) is 0 Å². The van der Waals surface area contributed by atoms with Crippen LogP contribution < -0.4 is 14.8 Å². The highest BCUT2D eigenvalue weighted by molar-refractivity contribution is 6.04. The number of benzene rings is 1. The Hall–Kier alpha value is -2.63. The minimum atomic E-state index is -0.253. The number of carbonyl (C=O) groups excluding carboxylic acids is 1. The zero-order valence-corrected chi connectivity index (χ0v) is 13.3. The summed E-state index contributed by atoms with van der Waals surface area (Å²) in [6.45, 7) is 0. The molecule has 0 atom stereocenters. The molecule has 0 fully saturated rings. The van der Waals surface area contributed by atoms with Crippen LogP contribution in [0.15, 0.2) is 24.5 Å². The van der Waals surface area contributed by atoms with Gasteiger partial charge in [0.05, 0.1) is 19.9 Å². The molecule has 0 unspecified atom stereocenters. The summed E-state index contributed by atoms with van der Waals surface area (Å²) in [6, 6.07) is 5.26. The number of hydrogen-bond donors (Lipinski definition) is 1. The number of carbonyl (C=O) groups is 1. The number of ether oxygens (including phenoxy) is 2. The molecule has 1 N–H and O–H groups in total. The number of amides is 1. The molecule has 1 heterocycles. The number of anilines is 1. The zero-order chi connectivity index (χ0) is 16.2. The van der Waals surface area contributed by atoms with Crippen molar-refractivity contribution in [1.82, 2.24) is 9.97 Å². The van der Waals surface area contributed by atoms with Gasteiger partial charge >= 0.3 is 0 Å². The Bertz CT molecular complexity index is 731. The van der Waals surface area contributed by atoms with Crippen LogP contribution in [0.5, 0.6) is 11.5 Å². The molecule has 1 amide bonds. The Morgan fingerprint density at radius 2 is 1.96 bits per heavy atom. The average Bonchev–Trinajstić information content (AvgIpc) is 2.61. The Balaban J connectivity index is 1.91. The fraction of sp³-hybridized carbons (Fsp3) is 0.353. The maximum absolute atomic E-state index is 12.7. The molecule has 0 spiro atoms. The van der Waals surface area contributed by atoms with E-state index in [0.717, 1.165) is 36.9 Å². The first-order valence-corrected chi connectivity index (χ1v) is 7.59. The maximum Gasteiger partial charge on any atom is 0.274 e. The van der Waals surface area contributed by atoms with Gasteiger partial charge in [0.1, 0.15) is 23.5 Å². The third-order valence-electron chi connectivity index (χ3n) is 3.99. The molecule has 2 aromatic rings. The lowest BCUT2D eigenvalue weighted by atomic mass is 9.94. The number of aryl methyl sites for hydroxylation is 1. The van der Waals surface area contributed by atoms with Gasteiger partial charge in [-0.05, 0) is 37.8 Å². The first-order chi connectivity index (χ1) is 11.2. The van der Waals surface area contributed by atoms with Crippen molar-refractivity contribution in [3.8, 4) is 11.5 Å². The molecule has 120 valence electrons. The van der Waals surface area contributed by atoms with Gasteiger partial charge < -0.3 is 14.8 Å². The van der Waals surface area contributed by atoms with Crippen LogP contribution in [0.1, 0.15) is 34.6 Å². The van der Waals surface area contributed by atoms with Gasteiger partial charge in [0.2, 0.25) is 0 Å². The highest BCUT2D eigenvalue weighted by Crippen LogP contribution is 2.30. The summed E-state index contributed by atoms with van der Waals surface area (Å²) in [5.41, 5.74) is 2.94. The first-order valence-electron chi connectivity index (χ1n) is 7.59. The van der Waals surface area contributed by atoms with E-state index < -0.39 is 0 Å². The highest BCUT2D eigenvalue weighted by atomic mass is 16.5. The van der Waals surface area contributed by atoms with Crippen molar-refractivity contribution in [2.45, 2.75) is 25.7 Å². The number of fused-ring (bicyclic) bond motifs is 1. The molecule has 0 saturated heterocycles. The van der Waals surface area contributed by atoms with Gasteiger partial charge in [-0.25, -0.2) is 9.97 Å². The summed E-state index contributed by atoms with van der Waals surface area (Å²) in [5.74, 6) is 0.963. The SMILES string of the molecule is COc1ccc(OC)c(NC(=O)c2ncnc3c2CCCC3)c1. The Morgan fingerprint density at radius 1 is 1.13 bits per heavy atom. The summed E-state index contributed by atoms with van der Waals surface area (Å²) in [7, 11) is 3.14. The van der Waals surface area contributed by atoms with Crippen molar-refractivity contribution in [1.29, 1.82) is 0 Å². The van der Waals surface area contributed by atoms with Crippen molar-refractivity contribution in [2.75, 3.05) is 19.5 Å². The van der Waals surface area contributed by atoms with Crippen molar-refractivity contribution >= 4 is 11.6 Å². The molecule has 0 radical (unpaired) electrons. The van der Waals surface area contributed by atoms with Crippen LogP contribution in [-0.4, -0.2) is 30.1 Å². The summed E-state index contributed by atoms with van der Waals surface area (Å²) in [6.07, 6.45) is 5.37. The standard InChI is InChI=1S/C17H19N3O3/c1-22-11-7-8-15(23-2)14(9-11)20-17(21)16-12-5-3-4-6-13(12)18-10-19-16/h7-10H,3-6H2,1-2H3,(H,20,21). The van der Waals surface area contributed by atoms with E-state index in [1.54, 1.807) is 32.4 Å². The monoisotopic (exact) mass is 313 g/mol. The van der Waals surface area contributed by atoms with Crippen LogP contribution in [0.3, 0.4) is 0 Å². The predicted octanol–water partition coefficient (Wildman–Crippen LogP) is 2.62. The highest BCUT2D eigenvalue weighted by Gasteiger charge is 2.21. The molecule has 1 aliphatic carbocycles. The van der Waals surface area contributed by atoms with Crippen LogP contribution in [0.2, 0.25) is 0 Å². The molecule has 0 saturated carbocycles. The van der Waals surface area contributed by atoms with E-state index in [4.69, 9.17) is 9.47 Å². The van der Waals surface area contributed by atoms with Crippen LogP contribution in [-0.2, 0) is 12.8 Å². The van der Waals surface area contributed by atoms with Crippen LogP contribution >= 0.6 is 0 Å². The third-order valence-corrected chi connectivity index (χ3v) is 3.99. The molecule has 6 nitrogen and oxygen atoms in total. The van der Waals surface area contributed by atoms with Crippen LogP contribution in [0, 0.1) is 0 Å². The molecule has 3 rings (SSSR count). The number of nitrogens with zero attached hydrogens (tertiary/aromatic N) is 2. The van der Waals surface area contributed by atoms with E-state index in [0.29, 0.717) is 22.9 Å². The van der Waals surface area contributed by atoms with E-state index >= 15 is 0 Å². The van der Waals surface area contributed by atoms with E-state index in [-0.39, 0.29) is 5.91 Å². The topological polar surface area (TPSA) is 73.3 Å². The maximum atomic E-state index is 12.7. The Morgan fingerprint density at radius 3 is 2.74 bits per heavy atom. The molecule has 1 aliphatic rings. The Kier molecular flexibility index (Phi) is 4.41. The zero-order valence-electron chi connectivity index (χ0n) is 13.3. The summed E-state index contributed by atoms with van der Waals surface area (Å²) in [5, 5.41) is 2.87. The average molecular weight is 313 g/mol. The molecule has 1 aromatic carbocycles. The summed E-state index contributed by atoms with van der Waals surface area (Å²) >= 11 is 0. The molecular formula is C17H19N3O3. The van der Waals surface area contributed by atoms with Gasteiger partial charge in [-0.15, -0.1) is 0 Å². The molecule has 0 bridgehead atoms. The summed E-state index contributed by atoms with van der Waals surface area (Å²) in [4.78, 5) is 21.1. The van der Waals surface area contributed by atoms with Gasteiger partial charge in [-0.3, -0.25) is 4.79 Å². The second-order valence-corrected chi connectivity index (χ2v) is 5.37. The van der Waals surface area contributed by atoms with Crippen molar-refractivity contribution < 1.29 is 14.3 Å². The van der Waals surface area contributed by atoms with Crippen molar-refractivity contribution in [3.05, 3.63) is 41.5 Å². The lowest BCUT2D eigenvalue weighted by molar-refractivity contribution is 0.102. The first kappa shape index (κ1) is 15.3. The van der Waals surface area contributed by atoms with E-state index in [9.17, 15) is 4.79 Å². The predicted molar refractivity (Wildman–Crippen MR) is 86.2 cm³/mol. The largest absolute Gasteiger partial charge is 0.497 e. The van der Waals surface area contributed by atoms with Gasteiger partial charge in [0, 0.05) is 17.3 Å². The third kappa shape index (κ3) is 3.11. The number of hydrogen-bond acceptors (Lipinski definition) is 5. The molecule has 6 heteroatoms. The molecule has 23 heavy (non-hydrogen) atoms. The van der Waals surface area contributed by atoms with E-state index in [1.807, 2.05) is 0 Å². The fourth-order valence-electron chi connectivity index (χ4n) is 2.81. The molecule has 0 aliphatic heterocycles. The van der Waals surface area contributed by atoms with Gasteiger partial charge in [0.25, 0.3) is 5.91 Å². The smallest absolute Gasteiger partial charge is 0.274 e. The normalized spacial score (nSPS) is 13.1. The second kappa shape index (κ2) is 6.64. The van der Waals surface area contributed by atoms with E-state index in [1.165, 1.54) is 6.33 Å². The van der Waals surface area contributed by atoms with Crippen LogP contribution in [0.25, 0.3) is 0 Å². The van der Waals surface area contributed by atoms with Crippen molar-refractivity contribution in [2.24, 2.45) is 0 Å². The van der Waals surface area contributed by atoms with Crippen molar-refractivity contribution in [3.63, 3.8) is 0 Å². The molecular weight excluding hydrogens is 294 g/mol. The minimum Gasteiger partial charge on any atom is -0.497 e. The quantitative estimate of drug-likeness (QED) is 0.939. The fourth-order valence-corrected chi connectivity index (χ4v) is 2.81. The summed E-state index contributed by atoms with van der Waals surface area (Å²) < 4.78 is 10.5. The number of aromatic nitrogens is 2. The number of nitrogens with one attached hydrogen (secondary N) is 1. The lowest BCUT2D eigenvalue weighted by Gasteiger charge is -2.17. The van der Waals surface area contributed by atoms with E-state index in [2.05, 4.69) is 15.3 Å². The second-order valence-electron chi connectivity index (χ2n) is 5.37. The lowest BCUT2D eigenvalue weighted by Crippen LogP contribution is -2.20. The minimum absolute atomic E-state index is 0.253. The molecule has 1 aromatic heterocycles. The number of methoxy groups -OCH3 is 2. The van der Waals surface area contributed by atoms with Gasteiger partial charge in [0.15, 0.2) is 0 Å². The van der Waals surface area contributed by atoms with Gasteiger partial charge in [-0.2, -0.15) is 0 Å². The number of rotatable bonds is 4. The van der Waals surface area contributed by atoms with Crippen LogP contribution in [0.4, 0.5) is 5.69 Å². The Labute approximate surface area is 134 Å².